The minimum Gasteiger partial charge on any atom is -0.340 e. The summed E-state index contributed by atoms with van der Waals surface area (Å²) in [6.45, 7) is 11.0. The van der Waals surface area contributed by atoms with Gasteiger partial charge < -0.3 is 10.2 Å². The summed E-state index contributed by atoms with van der Waals surface area (Å²) in [5.41, 5.74) is -0.807. The summed E-state index contributed by atoms with van der Waals surface area (Å²) < 4.78 is 0. The highest BCUT2D eigenvalue weighted by Gasteiger charge is 2.45. The molecular formula is C13H22N2O2. The van der Waals surface area contributed by atoms with Crippen LogP contribution in [0.5, 0.6) is 0 Å². The van der Waals surface area contributed by atoms with Crippen LogP contribution in [-0.4, -0.2) is 34.3 Å². The molecule has 1 saturated heterocycles. The highest BCUT2D eigenvalue weighted by Crippen LogP contribution is 2.23. The Hall–Kier alpha value is -1.32. The molecule has 17 heavy (non-hydrogen) atoms. The van der Waals surface area contributed by atoms with Gasteiger partial charge in [0.2, 0.25) is 11.8 Å². The molecule has 1 aliphatic heterocycles. The Labute approximate surface area is 103 Å². The number of hydrogen-bond acceptors (Lipinski definition) is 2. The Morgan fingerprint density at radius 1 is 1.53 bits per heavy atom. The summed E-state index contributed by atoms with van der Waals surface area (Å²) in [6, 6.07) is -0.347. The van der Waals surface area contributed by atoms with E-state index < -0.39 is 5.54 Å². The topological polar surface area (TPSA) is 49.4 Å². The lowest BCUT2D eigenvalue weighted by atomic mass is 9.93. The Balaban J connectivity index is 3.04. The van der Waals surface area contributed by atoms with Gasteiger partial charge in [0.05, 0.1) is 0 Å². The zero-order valence-electron chi connectivity index (χ0n) is 11.1. The molecule has 0 aromatic carbocycles. The van der Waals surface area contributed by atoms with Gasteiger partial charge in [-0.2, -0.15) is 0 Å². The van der Waals surface area contributed by atoms with Crippen molar-refractivity contribution in [2.45, 2.75) is 58.2 Å². The first-order valence-electron chi connectivity index (χ1n) is 6.10. The summed E-state index contributed by atoms with van der Waals surface area (Å²) >= 11 is 0. The van der Waals surface area contributed by atoms with Crippen LogP contribution in [0.2, 0.25) is 0 Å². The van der Waals surface area contributed by atoms with E-state index in [0.29, 0.717) is 12.8 Å². The van der Waals surface area contributed by atoms with Crippen molar-refractivity contribution in [3.05, 3.63) is 12.7 Å². The largest absolute Gasteiger partial charge is 0.340 e. The van der Waals surface area contributed by atoms with E-state index in [1.165, 1.54) is 0 Å². The van der Waals surface area contributed by atoms with Gasteiger partial charge in [-0.15, -0.1) is 6.58 Å². The van der Waals surface area contributed by atoms with E-state index in [-0.39, 0.29) is 23.9 Å². The molecule has 2 amide bonds. The first kappa shape index (κ1) is 13.7. The molecule has 1 rings (SSSR count). The molecule has 4 heteroatoms. The maximum atomic E-state index is 12.4. The van der Waals surface area contributed by atoms with Crippen LogP contribution >= 0.6 is 0 Å². The molecular weight excluding hydrogens is 216 g/mol. The van der Waals surface area contributed by atoms with Gasteiger partial charge >= 0.3 is 0 Å². The normalized spacial score (nSPS) is 25.4. The summed E-state index contributed by atoms with van der Waals surface area (Å²) in [7, 11) is 0. The quantitative estimate of drug-likeness (QED) is 0.754. The predicted molar refractivity (Wildman–Crippen MR) is 67.4 cm³/mol. The monoisotopic (exact) mass is 238 g/mol. The molecule has 0 aromatic rings. The maximum Gasteiger partial charge on any atom is 0.248 e. The third-order valence-electron chi connectivity index (χ3n) is 3.21. The highest BCUT2D eigenvalue weighted by molar-refractivity contribution is 5.99. The van der Waals surface area contributed by atoms with Gasteiger partial charge in [-0.3, -0.25) is 9.59 Å². The van der Waals surface area contributed by atoms with Gasteiger partial charge in [0.1, 0.15) is 11.6 Å². The average Bonchev–Trinajstić information content (AvgIpc) is 2.22. The Bertz CT molecular complexity index is 336. The zero-order valence-corrected chi connectivity index (χ0v) is 11.1. The fourth-order valence-corrected chi connectivity index (χ4v) is 2.28. The summed E-state index contributed by atoms with van der Waals surface area (Å²) in [5, 5.41) is 2.78. The minimum atomic E-state index is -0.807. The summed E-state index contributed by atoms with van der Waals surface area (Å²) in [4.78, 5) is 26.0. The van der Waals surface area contributed by atoms with Crippen LogP contribution in [0.3, 0.4) is 0 Å². The number of carbonyl (C=O) groups is 2. The summed E-state index contributed by atoms with van der Waals surface area (Å²) in [6.07, 6.45) is 3.12. The second kappa shape index (κ2) is 4.90. The molecule has 1 N–H and O–H groups in total. The van der Waals surface area contributed by atoms with Crippen molar-refractivity contribution >= 4 is 11.8 Å². The van der Waals surface area contributed by atoms with Crippen molar-refractivity contribution in [3.8, 4) is 0 Å². The van der Waals surface area contributed by atoms with Crippen molar-refractivity contribution in [2.24, 2.45) is 0 Å². The van der Waals surface area contributed by atoms with E-state index >= 15 is 0 Å². The molecule has 0 aliphatic carbocycles. The van der Waals surface area contributed by atoms with Crippen LogP contribution < -0.4 is 5.32 Å². The van der Waals surface area contributed by atoms with Gasteiger partial charge in [-0.1, -0.05) is 13.0 Å². The smallest absolute Gasteiger partial charge is 0.248 e. The molecule has 1 aliphatic rings. The maximum absolute atomic E-state index is 12.4. The fourth-order valence-electron chi connectivity index (χ4n) is 2.28. The predicted octanol–water partition coefficient (Wildman–Crippen LogP) is 1.47. The number of carbonyl (C=O) groups excluding carboxylic acids is 2. The first-order chi connectivity index (χ1) is 7.85. The number of rotatable bonds is 4. The van der Waals surface area contributed by atoms with E-state index in [1.54, 1.807) is 24.8 Å². The van der Waals surface area contributed by atoms with Gasteiger partial charge in [-0.05, 0) is 33.6 Å². The van der Waals surface area contributed by atoms with E-state index in [9.17, 15) is 9.59 Å². The Morgan fingerprint density at radius 2 is 2.12 bits per heavy atom. The molecule has 2 unspecified atom stereocenters. The van der Waals surface area contributed by atoms with Crippen molar-refractivity contribution in [3.63, 3.8) is 0 Å². The molecule has 2 atom stereocenters. The molecule has 1 fully saturated rings. The van der Waals surface area contributed by atoms with E-state index in [2.05, 4.69) is 11.9 Å². The van der Waals surface area contributed by atoms with Crippen LogP contribution in [0.25, 0.3) is 0 Å². The lowest BCUT2D eigenvalue weighted by molar-refractivity contribution is -0.156. The van der Waals surface area contributed by atoms with Crippen LogP contribution in [0.1, 0.15) is 40.5 Å². The van der Waals surface area contributed by atoms with Crippen molar-refractivity contribution in [1.82, 2.24) is 10.2 Å². The number of nitrogens with zero attached hydrogens (tertiary/aromatic N) is 1. The highest BCUT2D eigenvalue weighted by atomic mass is 16.2. The third kappa shape index (κ3) is 2.51. The molecule has 0 bridgehead atoms. The third-order valence-corrected chi connectivity index (χ3v) is 3.21. The number of piperazine rings is 1. The molecule has 1 heterocycles. The second-order valence-electron chi connectivity index (χ2n) is 5.12. The molecule has 0 aromatic heterocycles. The second-order valence-corrected chi connectivity index (χ2v) is 5.12. The Kier molecular flexibility index (Phi) is 3.96. The van der Waals surface area contributed by atoms with Crippen LogP contribution in [0.4, 0.5) is 0 Å². The van der Waals surface area contributed by atoms with Crippen LogP contribution in [0.15, 0.2) is 12.7 Å². The average molecular weight is 238 g/mol. The van der Waals surface area contributed by atoms with Crippen LogP contribution in [0, 0.1) is 0 Å². The fraction of sp³-hybridized carbons (Fsp3) is 0.692. The zero-order chi connectivity index (χ0) is 13.2. The van der Waals surface area contributed by atoms with E-state index in [1.807, 2.05) is 13.8 Å². The van der Waals surface area contributed by atoms with Crippen molar-refractivity contribution in [2.75, 3.05) is 0 Å². The number of nitrogens with one attached hydrogen (secondary N) is 1. The van der Waals surface area contributed by atoms with Crippen LogP contribution in [-0.2, 0) is 9.59 Å². The van der Waals surface area contributed by atoms with Gasteiger partial charge in [0.25, 0.3) is 0 Å². The molecule has 0 spiro atoms. The van der Waals surface area contributed by atoms with Crippen molar-refractivity contribution in [1.29, 1.82) is 0 Å². The van der Waals surface area contributed by atoms with Crippen molar-refractivity contribution < 1.29 is 9.59 Å². The van der Waals surface area contributed by atoms with Gasteiger partial charge in [0.15, 0.2) is 0 Å². The van der Waals surface area contributed by atoms with E-state index in [4.69, 9.17) is 0 Å². The first-order valence-corrected chi connectivity index (χ1v) is 6.10. The number of hydrogen-bond donors (Lipinski definition) is 1. The standard InChI is InChI=1S/C13H22N2O2/c1-6-8-9(3)15-10(7-2)11(16)14-13(4,5)12(15)17/h6,9-10H,1,7-8H2,2-5H3,(H,14,16). The Morgan fingerprint density at radius 3 is 2.59 bits per heavy atom. The minimum absolute atomic E-state index is 0.00951. The molecule has 4 nitrogen and oxygen atoms in total. The lowest BCUT2D eigenvalue weighted by Crippen LogP contribution is -2.69. The van der Waals surface area contributed by atoms with E-state index in [0.717, 1.165) is 0 Å². The SMILES string of the molecule is C=CCC(C)N1C(=O)C(C)(C)NC(=O)C1CC. The molecule has 96 valence electrons. The molecule has 0 radical (unpaired) electrons. The lowest BCUT2D eigenvalue weighted by Gasteiger charge is -2.45. The van der Waals surface area contributed by atoms with Gasteiger partial charge in [0, 0.05) is 6.04 Å². The number of amides is 2. The van der Waals surface area contributed by atoms with Gasteiger partial charge in [-0.25, -0.2) is 0 Å². The molecule has 0 saturated carbocycles. The summed E-state index contributed by atoms with van der Waals surface area (Å²) in [5.74, 6) is -0.0775.